The van der Waals surface area contributed by atoms with Gasteiger partial charge in [0.05, 0.1) is 0 Å². The van der Waals surface area contributed by atoms with Crippen LogP contribution in [0.1, 0.15) is 66.7 Å². The molecule has 0 radical (unpaired) electrons. The topological polar surface area (TPSA) is 50.4 Å². The van der Waals surface area contributed by atoms with Gasteiger partial charge in [0.2, 0.25) is 0 Å². The standard InChI is InChI=1S/C16H32N2O2/c1-12-8-6-7-9-14(12)17-11-10-13(2)18-15(19)20-16(3,4)5/h12-14,17H,6-11H2,1-5H3,(H,18,19). The van der Waals surface area contributed by atoms with E-state index in [1.54, 1.807) is 0 Å². The monoisotopic (exact) mass is 284 g/mol. The normalized spacial score (nSPS) is 25.1. The Kier molecular flexibility index (Phi) is 6.80. The van der Waals surface area contributed by atoms with Crippen molar-refractivity contribution in [2.45, 2.75) is 84.4 Å². The highest BCUT2D eigenvalue weighted by molar-refractivity contribution is 5.67. The zero-order valence-corrected chi connectivity index (χ0v) is 13.8. The maximum absolute atomic E-state index is 11.6. The summed E-state index contributed by atoms with van der Waals surface area (Å²) in [5, 5.41) is 6.52. The minimum Gasteiger partial charge on any atom is -0.444 e. The summed E-state index contributed by atoms with van der Waals surface area (Å²) in [5.74, 6) is 0.776. The van der Waals surface area contributed by atoms with Gasteiger partial charge in [0.15, 0.2) is 0 Å². The summed E-state index contributed by atoms with van der Waals surface area (Å²) >= 11 is 0. The molecule has 1 rings (SSSR count). The first-order valence-corrected chi connectivity index (χ1v) is 8.01. The molecule has 0 heterocycles. The van der Waals surface area contributed by atoms with Crippen LogP contribution < -0.4 is 10.6 Å². The average molecular weight is 284 g/mol. The highest BCUT2D eigenvalue weighted by Crippen LogP contribution is 2.23. The molecule has 4 heteroatoms. The van der Waals surface area contributed by atoms with Crippen LogP contribution in [0.2, 0.25) is 0 Å². The van der Waals surface area contributed by atoms with Crippen LogP contribution in [0.4, 0.5) is 4.79 Å². The molecule has 3 unspecified atom stereocenters. The predicted molar refractivity (Wildman–Crippen MR) is 82.9 cm³/mol. The Balaban J connectivity index is 2.16. The molecule has 3 atom stereocenters. The van der Waals surface area contributed by atoms with E-state index < -0.39 is 5.60 Å². The minimum absolute atomic E-state index is 0.135. The van der Waals surface area contributed by atoms with Gasteiger partial charge in [0.25, 0.3) is 0 Å². The SMILES string of the molecule is CC(CCNC1CCCCC1C)NC(=O)OC(C)(C)C. The summed E-state index contributed by atoms with van der Waals surface area (Å²) in [6.45, 7) is 10.9. The summed E-state index contributed by atoms with van der Waals surface area (Å²) < 4.78 is 5.25. The Morgan fingerprint density at radius 1 is 1.30 bits per heavy atom. The number of nitrogens with one attached hydrogen (secondary N) is 2. The Labute approximate surface area is 124 Å². The second-order valence-electron chi connectivity index (χ2n) is 7.16. The number of carbonyl (C=O) groups excluding carboxylic acids is 1. The molecule has 1 saturated carbocycles. The van der Waals surface area contributed by atoms with Crippen LogP contribution in [-0.2, 0) is 4.74 Å². The molecule has 118 valence electrons. The molecule has 1 aliphatic rings. The van der Waals surface area contributed by atoms with E-state index >= 15 is 0 Å². The van der Waals surface area contributed by atoms with Crippen molar-refractivity contribution < 1.29 is 9.53 Å². The number of alkyl carbamates (subject to hydrolysis) is 1. The van der Waals surface area contributed by atoms with Gasteiger partial charge < -0.3 is 15.4 Å². The lowest BCUT2D eigenvalue weighted by Gasteiger charge is -2.30. The molecule has 0 aliphatic heterocycles. The molecule has 2 N–H and O–H groups in total. The number of rotatable bonds is 5. The van der Waals surface area contributed by atoms with Crippen LogP contribution in [0.5, 0.6) is 0 Å². The lowest BCUT2D eigenvalue weighted by atomic mass is 9.86. The summed E-state index contributed by atoms with van der Waals surface area (Å²) in [4.78, 5) is 11.6. The molecule has 0 spiro atoms. The van der Waals surface area contributed by atoms with Gasteiger partial charge in [-0.1, -0.05) is 19.8 Å². The molecule has 1 aliphatic carbocycles. The Morgan fingerprint density at radius 2 is 1.95 bits per heavy atom. The molecule has 0 aromatic heterocycles. The number of hydrogen-bond acceptors (Lipinski definition) is 3. The van der Waals surface area contributed by atoms with Gasteiger partial charge in [-0.15, -0.1) is 0 Å². The molecule has 0 bridgehead atoms. The minimum atomic E-state index is -0.431. The van der Waals surface area contributed by atoms with E-state index in [1.807, 2.05) is 27.7 Å². The van der Waals surface area contributed by atoms with Crippen molar-refractivity contribution in [3.05, 3.63) is 0 Å². The first kappa shape index (κ1) is 17.3. The van der Waals surface area contributed by atoms with Crippen LogP contribution in [-0.4, -0.2) is 30.3 Å². The third-order valence-corrected chi connectivity index (χ3v) is 3.86. The van der Waals surface area contributed by atoms with Crippen LogP contribution in [0.15, 0.2) is 0 Å². The first-order valence-electron chi connectivity index (χ1n) is 8.01. The smallest absolute Gasteiger partial charge is 0.407 e. The van der Waals surface area contributed by atoms with Gasteiger partial charge in [0, 0.05) is 12.1 Å². The number of amides is 1. The molecule has 0 aromatic rings. The van der Waals surface area contributed by atoms with E-state index in [2.05, 4.69) is 17.6 Å². The molecular weight excluding hydrogens is 252 g/mol. The molecule has 1 fully saturated rings. The van der Waals surface area contributed by atoms with E-state index in [0.717, 1.165) is 18.9 Å². The van der Waals surface area contributed by atoms with Gasteiger partial charge in [-0.2, -0.15) is 0 Å². The molecule has 0 aromatic carbocycles. The summed E-state index contributed by atoms with van der Waals surface area (Å²) in [5.41, 5.74) is -0.431. The highest BCUT2D eigenvalue weighted by atomic mass is 16.6. The molecular formula is C16H32N2O2. The quantitative estimate of drug-likeness (QED) is 0.813. The first-order chi connectivity index (χ1) is 9.28. The number of carbonyl (C=O) groups is 1. The summed E-state index contributed by atoms with van der Waals surface area (Å²) in [6.07, 6.45) is 5.95. The molecule has 0 saturated heterocycles. The lowest BCUT2D eigenvalue weighted by Crippen LogP contribution is -2.42. The second-order valence-corrected chi connectivity index (χ2v) is 7.16. The van der Waals surface area contributed by atoms with E-state index in [0.29, 0.717) is 6.04 Å². The maximum atomic E-state index is 11.6. The van der Waals surface area contributed by atoms with Crippen molar-refractivity contribution in [3.8, 4) is 0 Å². The predicted octanol–water partition coefficient (Wildman–Crippen LogP) is 3.46. The fraction of sp³-hybridized carbons (Fsp3) is 0.938. The van der Waals surface area contributed by atoms with Gasteiger partial charge in [-0.25, -0.2) is 4.79 Å². The molecule has 4 nitrogen and oxygen atoms in total. The van der Waals surface area contributed by atoms with E-state index in [4.69, 9.17) is 4.74 Å². The van der Waals surface area contributed by atoms with Gasteiger partial charge in [-0.3, -0.25) is 0 Å². The van der Waals surface area contributed by atoms with Gasteiger partial charge in [0.1, 0.15) is 5.60 Å². The highest BCUT2D eigenvalue weighted by Gasteiger charge is 2.21. The van der Waals surface area contributed by atoms with Crippen molar-refractivity contribution in [3.63, 3.8) is 0 Å². The Hall–Kier alpha value is -0.770. The Bertz CT molecular complexity index is 299. The Morgan fingerprint density at radius 3 is 2.55 bits per heavy atom. The average Bonchev–Trinajstić information content (AvgIpc) is 2.28. The van der Waals surface area contributed by atoms with E-state index in [9.17, 15) is 4.79 Å². The number of hydrogen-bond donors (Lipinski definition) is 2. The van der Waals surface area contributed by atoms with Gasteiger partial charge in [-0.05, 0) is 59.4 Å². The van der Waals surface area contributed by atoms with Crippen molar-refractivity contribution in [2.24, 2.45) is 5.92 Å². The zero-order chi connectivity index (χ0) is 15.2. The summed E-state index contributed by atoms with van der Waals surface area (Å²) in [6, 6.07) is 0.786. The van der Waals surface area contributed by atoms with Crippen molar-refractivity contribution in [1.29, 1.82) is 0 Å². The zero-order valence-electron chi connectivity index (χ0n) is 13.8. The summed E-state index contributed by atoms with van der Waals surface area (Å²) in [7, 11) is 0. The fourth-order valence-corrected chi connectivity index (χ4v) is 2.69. The van der Waals surface area contributed by atoms with Crippen LogP contribution in [0.3, 0.4) is 0 Å². The van der Waals surface area contributed by atoms with Crippen LogP contribution in [0.25, 0.3) is 0 Å². The van der Waals surface area contributed by atoms with E-state index in [1.165, 1.54) is 25.7 Å². The van der Waals surface area contributed by atoms with Crippen LogP contribution in [0, 0.1) is 5.92 Å². The van der Waals surface area contributed by atoms with Crippen molar-refractivity contribution >= 4 is 6.09 Å². The molecule has 1 amide bonds. The van der Waals surface area contributed by atoms with E-state index in [-0.39, 0.29) is 12.1 Å². The van der Waals surface area contributed by atoms with Crippen molar-refractivity contribution in [2.75, 3.05) is 6.54 Å². The largest absolute Gasteiger partial charge is 0.444 e. The second kappa shape index (κ2) is 7.87. The van der Waals surface area contributed by atoms with Crippen molar-refractivity contribution in [1.82, 2.24) is 10.6 Å². The third kappa shape index (κ3) is 7.13. The van der Waals surface area contributed by atoms with Crippen LogP contribution >= 0.6 is 0 Å². The number of ether oxygens (including phenoxy) is 1. The molecule has 20 heavy (non-hydrogen) atoms. The lowest BCUT2D eigenvalue weighted by molar-refractivity contribution is 0.0506. The third-order valence-electron chi connectivity index (χ3n) is 3.86. The fourth-order valence-electron chi connectivity index (χ4n) is 2.69. The maximum Gasteiger partial charge on any atom is 0.407 e. The van der Waals surface area contributed by atoms with Gasteiger partial charge >= 0.3 is 6.09 Å².